The van der Waals surface area contributed by atoms with Crippen LogP contribution in [0.4, 0.5) is 0 Å². The molecule has 2 aromatic rings. The van der Waals surface area contributed by atoms with E-state index in [1.807, 2.05) is 26.0 Å². The molecule has 1 aromatic heterocycles. The Morgan fingerprint density at radius 1 is 1.33 bits per heavy atom. The van der Waals surface area contributed by atoms with Gasteiger partial charge >= 0.3 is 5.97 Å². The molecule has 0 saturated carbocycles. The normalized spacial score (nSPS) is 10.4. The van der Waals surface area contributed by atoms with Crippen LogP contribution in [0, 0.1) is 13.8 Å². The Balaban J connectivity index is 2.55. The van der Waals surface area contributed by atoms with Gasteiger partial charge in [-0.1, -0.05) is 0 Å². The largest absolute Gasteiger partial charge is 0.496 e. The first-order valence-electron chi connectivity index (χ1n) is 5.37. The molecule has 5 heteroatoms. The number of ether oxygens (including phenoxy) is 1. The highest BCUT2D eigenvalue weighted by Crippen LogP contribution is 2.33. The number of hydrogen-bond donors (Lipinski definition) is 1. The van der Waals surface area contributed by atoms with E-state index < -0.39 is 5.97 Å². The smallest absolute Gasteiger partial charge is 0.365 e. The summed E-state index contributed by atoms with van der Waals surface area (Å²) in [4.78, 5) is 14.9. The summed E-state index contributed by atoms with van der Waals surface area (Å²) >= 11 is 1.12. The van der Waals surface area contributed by atoms with Crippen molar-refractivity contribution < 1.29 is 14.6 Å². The summed E-state index contributed by atoms with van der Waals surface area (Å²) in [6, 6.07) is 3.90. The molecule has 0 saturated heterocycles. The fraction of sp³-hybridized carbons (Fsp3) is 0.231. The van der Waals surface area contributed by atoms with Crippen LogP contribution in [0.15, 0.2) is 17.5 Å². The molecule has 18 heavy (non-hydrogen) atoms. The number of benzene rings is 1. The van der Waals surface area contributed by atoms with Gasteiger partial charge in [0.2, 0.25) is 5.01 Å². The van der Waals surface area contributed by atoms with Crippen LogP contribution in [0.5, 0.6) is 5.75 Å². The molecule has 0 spiro atoms. The molecule has 94 valence electrons. The van der Waals surface area contributed by atoms with Gasteiger partial charge < -0.3 is 9.84 Å². The number of thiazole rings is 1. The van der Waals surface area contributed by atoms with Crippen molar-refractivity contribution in [1.82, 2.24) is 4.98 Å². The number of hydrogen-bond acceptors (Lipinski definition) is 4. The minimum Gasteiger partial charge on any atom is -0.496 e. The maximum absolute atomic E-state index is 10.8. The summed E-state index contributed by atoms with van der Waals surface area (Å²) in [5.41, 5.74) is 3.71. The summed E-state index contributed by atoms with van der Waals surface area (Å²) in [5, 5.41) is 10.7. The van der Waals surface area contributed by atoms with Crippen molar-refractivity contribution in [3.05, 3.63) is 33.6 Å². The van der Waals surface area contributed by atoms with Gasteiger partial charge in [0.1, 0.15) is 5.75 Å². The second kappa shape index (κ2) is 4.78. The fourth-order valence-electron chi connectivity index (χ4n) is 1.65. The minimum absolute atomic E-state index is 0.0882. The van der Waals surface area contributed by atoms with E-state index in [1.54, 1.807) is 12.5 Å². The molecule has 2 rings (SSSR count). The molecule has 0 unspecified atom stereocenters. The highest BCUT2D eigenvalue weighted by Gasteiger charge is 2.14. The number of carbonyl (C=O) groups is 1. The second-order valence-electron chi connectivity index (χ2n) is 3.98. The van der Waals surface area contributed by atoms with Crippen LogP contribution in [0.25, 0.3) is 11.3 Å². The summed E-state index contributed by atoms with van der Waals surface area (Å²) in [5.74, 6) is -0.297. The summed E-state index contributed by atoms with van der Waals surface area (Å²) in [7, 11) is 1.60. The maximum atomic E-state index is 10.8. The second-order valence-corrected chi connectivity index (χ2v) is 4.84. The standard InChI is InChI=1S/C13H13NO3S/c1-7-4-9(11(17-3)5-8(7)2)10-6-18-12(14-10)13(15)16/h4-6H,1-3H3,(H,15,16). The Kier molecular flexibility index (Phi) is 3.34. The SMILES string of the molecule is COc1cc(C)c(C)cc1-c1csc(C(=O)O)n1. The number of carboxylic acid groups (broad SMARTS) is 1. The molecular formula is C13H13NO3S. The lowest BCUT2D eigenvalue weighted by Gasteiger charge is -2.09. The Labute approximate surface area is 109 Å². The summed E-state index contributed by atoms with van der Waals surface area (Å²) in [6.07, 6.45) is 0. The Hall–Kier alpha value is -1.88. The molecule has 0 aliphatic heterocycles. The summed E-state index contributed by atoms with van der Waals surface area (Å²) in [6.45, 7) is 4.01. The number of carboxylic acids is 1. The topological polar surface area (TPSA) is 59.4 Å². The average Bonchev–Trinajstić information content (AvgIpc) is 2.81. The van der Waals surface area contributed by atoms with Gasteiger partial charge in [0.05, 0.1) is 12.8 Å². The number of aromatic carboxylic acids is 1. The fourth-order valence-corrected chi connectivity index (χ4v) is 2.31. The van der Waals surface area contributed by atoms with E-state index in [0.29, 0.717) is 11.4 Å². The van der Waals surface area contributed by atoms with Crippen LogP contribution in [-0.2, 0) is 0 Å². The molecule has 0 bridgehead atoms. The predicted molar refractivity (Wildman–Crippen MR) is 70.5 cm³/mol. The van der Waals surface area contributed by atoms with Crippen molar-refractivity contribution in [2.24, 2.45) is 0 Å². The number of rotatable bonds is 3. The molecule has 0 aliphatic rings. The zero-order chi connectivity index (χ0) is 13.3. The van der Waals surface area contributed by atoms with Gasteiger partial charge in [-0.2, -0.15) is 0 Å². The third-order valence-electron chi connectivity index (χ3n) is 2.78. The van der Waals surface area contributed by atoms with Crippen LogP contribution in [0.3, 0.4) is 0 Å². The highest BCUT2D eigenvalue weighted by molar-refractivity contribution is 7.11. The van der Waals surface area contributed by atoms with E-state index in [9.17, 15) is 4.79 Å². The zero-order valence-corrected chi connectivity index (χ0v) is 11.2. The molecule has 0 amide bonds. The maximum Gasteiger partial charge on any atom is 0.365 e. The first-order chi connectivity index (χ1) is 8.52. The van der Waals surface area contributed by atoms with E-state index >= 15 is 0 Å². The zero-order valence-electron chi connectivity index (χ0n) is 10.4. The quantitative estimate of drug-likeness (QED) is 0.924. The van der Waals surface area contributed by atoms with Gasteiger partial charge in [-0.25, -0.2) is 9.78 Å². The number of nitrogens with zero attached hydrogens (tertiary/aromatic N) is 1. The van der Waals surface area contributed by atoms with Gasteiger partial charge in [0.15, 0.2) is 0 Å². The van der Waals surface area contributed by atoms with Crippen molar-refractivity contribution in [3.63, 3.8) is 0 Å². The average molecular weight is 263 g/mol. The predicted octanol–water partition coefficient (Wildman–Crippen LogP) is 3.13. The molecule has 4 nitrogen and oxygen atoms in total. The third kappa shape index (κ3) is 2.22. The highest BCUT2D eigenvalue weighted by atomic mass is 32.1. The minimum atomic E-state index is -1.01. The molecule has 1 N–H and O–H groups in total. The van der Waals surface area contributed by atoms with Gasteiger partial charge in [-0.3, -0.25) is 0 Å². The van der Waals surface area contributed by atoms with Crippen molar-refractivity contribution in [2.45, 2.75) is 13.8 Å². The monoisotopic (exact) mass is 263 g/mol. The number of aromatic nitrogens is 1. The van der Waals surface area contributed by atoms with Gasteiger partial charge in [-0.15, -0.1) is 11.3 Å². The van der Waals surface area contributed by atoms with E-state index in [-0.39, 0.29) is 5.01 Å². The summed E-state index contributed by atoms with van der Waals surface area (Å²) < 4.78 is 5.32. The molecule has 0 aliphatic carbocycles. The van der Waals surface area contributed by atoms with Crippen LogP contribution < -0.4 is 4.74 Å². The Morgan fingerprint density at radius 3 is 2.56 bits per heavy atom. The van der Waals surface area contributed by atoms with Gasteiger partial charge in [0, 0.05) is 10.9 Å². The van der Waals surface area contributed by atoms with Crippen molar-refractivity contribution in [2.75, 3.05) is 7.11 Å². The van der Waals surface area contributed by atoms with Gasteiger partial charge in [-0.05, 0) is 37.1 Å². The van der Waals surface area contributed by atoms with Crippen molar-refractivity contribution in [3.8, 4) is 17.0 Å². The molecule has 0 radical (unpaired) electrons. The third-order valence-corrected chi connectivity index (χ3v) is 3.61. The van der Waals surface area contributed by atoms with Crippen molar-refractivity contribution >= 4 is 17.3 Å². The van der Waals surface area contributed by atoms with E-state index in [1.165, 1.54) is 0 Å². The van der Waals surface area contributed by atoms with Crippen molar-refractivity contribution in [1.29, 1.82) is 0 Å². The Bertz CT molecular complexity index is 604. The molecule has 1 heterocycles. The first kappa shape index (κ1) is 12.6. The first-order valence-corrected chi connectivity index (χ1v) is 6.25. The molecule has 0 atom stereocenters. The van der Waals surface area contributed by atoms with E-state index in [2.05, 4.69) is 4.98 Å². The lowest BCUT2D eigenvalue weighted by Crippen LogP contribution is -1.95. The lowest BCUT2D eigenvalue weighted by atomic mass is 10.0. The molecule has 0 fully saturated rings. The number of methoxy groups -OCH3 is 1. The van der Waals surface area contributed by atoms with E-state index in [4.69, 9.17) is 9.84 Å². The van der Waals surface area contributed by atoms with Crippen LogP contribution in [0.2, 0.25) is 0 Å². The Morgan fingerprint density at radius 2 is 2.00 bits per heavy atom. The van der Waals surface area contributed by atoms with Crippen LogP contribution in [0.1, 0.15) is 20.9 Å². The van der Waals surface area contributed by atoms with Gasteiger partial charge in [0.25, 0.3) is 0 Å². The lowest BCUT2D eigenvalue weighted by molar-refractivity contribution is 0.0696. The van der Waals surface area contributed by atoms with E-state index in [0.717, 1.165) is 28.0 Å². The van der Waals surface area contributed by atoms with Crippen LogP contribution in [-0.4, -0.2) is 23.2 Å². The van der Waals surface area contributed by atoms with Crippen LogP contribution >= 0.6 is 11.3 Å². The molecular weight excluding hydrogens is 250 g/mol. The molecule has 1 aromatic carbocycles. The number of aryl methyl sites for hydroxylation is 2.